The Kier molecular flexibility index (Phi) is 4.34. The second-order valence-electron chi connectivity index (χ2n) is 3.44. The number of aromatic carboxylic acids is 1. The monoisotopic (exact) mass is 234 g/mol. The van der Waals surface area contributed by atoms with E-state index in [2.05, 4.69) is 6.58 Å². The minimum atomic E-state index is -1.01. The highest BCUT2D eigenvalue weighted by molar-refractivity contribution is 5.88. The van der Waals surface area contributed by atoms with Crippen LogP contribution in [0.4, 0.5) is 0 Å². The number of benzene rings is 1. The van der Waals surface area contributed by atoms with Gasteiger partial charge in [-0.1, -0.05) is 12.2 Å². The molecule has 1 aromatic carbocycles. The fourth-order valence-electron chi connectivity index (χ4n) is 1.13. The Bertz CT molecular complexity index is 460. The van der Waals surface area contributed by atoms with Crippen molar-refractivity contribution in [3.63, 3.8) is 0 Å². The van der Waals surface area contributed by atoms with Crippen molar-refractivity contribution in [2.24, 2.45) is 0 Å². The quantitative estimate of drug-likeness (QED) is 0.628. The van der Waals surface area contributed by atoms with Crippen molar-refractivity contribution in [3.8, 4) is 11.5 Å². The summed E-state index contributed by atoms with van der Waals surface area (Å²) in [5.74, 6) is -0.187. The summed E-state index contributed by atoms with van der Waals surface area (Å²) in [6.07, 6.45) is 3.11. The summed E-state index contributed by atoms with van der Waals surface area (Å²) in [6, 6.07) is 4.41. The summed E-state index contributed by atoms with van der Waals surface area (Å²) >= 11 is 0. The van der Waals surface area contributed by atoms with E-state index in [1.54, 1.807) is 12.1 Å². The number of carboxylic acid groups (broad SMARTS) is 1. The van der Waals surface area contributed by atoms with E-state index < -0.39 is 5.97 Å². The van der Waals surface area contributed by atoms with Gasteiger partial charge in [-0.3, -0.25) is 0 Å². The lowest BCUT2D eigenvalue weighted by Gasteiger charge is -2.07. The van der Waals surface area contributed by atoms with Crippen molar-refractivity contribution >= 4 is 5.97 Å². The number of methoxy groups -OCH3 is 1. The molecule has 0 saturated carbocycles. The van der Waals surface area contributed by atoms with Crippen LogP contribution in [0.5, 0.6) is 11.5 Å². The van der Waals surface area contributed by atoms with Crippen molar-refractivity contribution in [1.29, 1.82) is 0 Å². The molecule has 4 nitrogen and oxygen atoms in total. The van der Waals surface area contributed by atoms with Crippen LogP contribution in [-0.2, 0) is 0 Å². The first-order valence-corrected chi connectivity index (χ1v) is 4.94. The van der Waals surface area contributed by atoms with Gasteiger partial charge in [0.1, 0.15) is 0 Å². The third kappa shape index (κ3) is 3.68. The normalized spacial score (nSPS) is 10.2. The number of hydrogen-bond donors (Lipinski definition) is 1. The van der Waals surface area contributed by atoms with Gasteiger partial charge in [-0.2, -0.15) is 0 Å². The van der Waals surface area contributed by atoms with Crippen LogP contribution in [0.2, 0.25) is 0 Å². The molecule has 90 valence electrons. The van der Waals surface area contributed by atoms with Crippen LogP contribution in [0.1, 0.15) is 17.3 Å². The molecule has 0 bridgehead atoms. The van der Waals surface area contributed by atoms with Crippen LogP contribution in [0.3, 0.4) is 0 Å². The summed E-state index contributed by atoms with van der Waals surface area (Å²) in [4.78, 5) is 10.8. The van der Waals surface area contributed by atoms with Gasteiger partial charge in [0.2, 0.25) is 0 Å². The molecule has 1 N–H and O–H groups in total. The van der Waals surface area contributed by atoms with Crippen LogP contribution in [0.25, 0.3) is 0 Å². The first kappa shape index (κ1) is 12.8. The van der Waals surface area contributed by atoms with Gasteiger partial charge in [0.05, 0.1) is 18.9 Å². The maximum absolute atomic E-state index is 10.8. The summed E-state index contributed by atoms with van der Waals surface area (Å²) in [6.45, 7) is 5.51. The molecule has 0 aliphatic heterocycles. The molecule has 0 aliphatic rings. The number of carbonyl (C=O) groups is 1. The molecule has 0 radical (unpaired) electrons. The van der Waals surface area contributed by atoms with Gasteiger partial charge in [0.15, 0.2) is 11.5 Å². The Labute approximate surface area is 99.8 Å². The molecule has 1 aromatic rings. The average molecular weight is 234 g/mol. The topological polar surface area (TPSA) is 55.8 Å². The highest BCUT2D eigenvalue weighted by Gasteiger charge is 2.09. The number of hydrogen-bond acceptors (Lipinski definition) is 3. The zero-order valence-corrected chi connectivity index (χ0v) is 9.77. The smallest absolute Gasteiger partial charge is 0.335 e. The number of allylic oxidation sites excluding steroid dienone is 2. The van der Waals surface area contributed by atoms with Gasteiger partial charge in [0, 0.05) is 0 Å². The maximum atomic E-state index is 10.8. The highest BCUT2D eigenvalue weighted by atomic mass is 16.5. The number of ether oxygens (including phenoxy) is 2. The van der Waals surface area contributed by atoms with Gasteiger partial charge >= 0.3 is 5.97 Å². The molecular formula is C13H14O4. The lowest BCUT2D eigenvalue weighted by atomic mass is 10.2. The summed E-state index contributed by atoms with van der Waals surface area (Å²) in [7, 11) is 1.49. The predicted octanol–water partition coefficient (Wildman–Crippen LogP) is 2.86. The van der Waals surface area contributed by atoms with E-state index in [4.69, 9.17) is 14.6 Å². The third-order valence-corrected chi connectivity index (χ3v) is 1.96. The largest absolute Gasteiger partial charge is 0.493 e. The fourth-order valence-corrected chi connectivity index (χ4v) is 1.13. The first-order valence-electron chi connectivity index (χ1n) is 4.94. The van der Waals surface area contributed by atoms with Gasteiger partial charge in [-0.05, 0) is 31.2 Å². The van der Waals surface area contributed by atoms with E-state index in [1.165, 1.54) is 25.5 Å². The number of rotatable bonds is 5. The molecule has 0 atom stereocenters. The Morgan fingerprint density at radius 3 is 2.65 bits per heavy atom. The van der Waals surface area contributed by atoms with Crippen LogP contribution in [0, 0.1) is 0 Å². The Morgan fingerprint density at radius 2 is 2.12 bits per heavy atom. The molecule has 0 amide bonds. The second kappa shape index (κ2) is 5.75. The molecule has 0 aromatic heterocycles. The Hall–Kier alpha value is -2.23. The SMILES string of the molecule is C=C(C)C=COc1cc(C(=O)O)ccc1OC. The van der Waals surface area contributed by atoms with Crippen molar-refractivity contribution in [2.45, 2.75) is 6.92 Å². The molecule has 4 heteroatoms. The third-order valence-electron chi connectivity index (χ3n) is 1.96. The lowest BCUT2D eigenvalue weighted by molar-refractivity contribution is 0.0696. The van der Waals surface area contributed by atoms with Crippen molar-refractivity contribution in [2.75, 3.05) is 7.11 Å². The van der Waals surface area contributed by atoms with E-state index in [1.807, 2.05) is 6.92 Å². The van der Waals surface area contributed by atoms with Crippen LogP contribution >= 0.6 is 0 Å². The van der Waals surface area contributed by atoms with Gasteiger partial charge in [0.25, 0.3) is 0 Å². The maximum Gasteiger partial charge on any atom is 0.335 e. The molecule has 1 rings (SSSR count). The summed E-state index contributed by atoms with van der Waals surface area (Å²) < 4.78 is 10.4. The molecule has 0 spiro atoms. The van der Waals surface area contributed by atoms with Crippen molar-refractivity contribution in [1.82, 2.24) is 0 Å². The average Bonchev–Trinajstić information content (AvgIpc) is 2.28. The van der Waals surface area contributed by atoms with Crippen LogP contribution < -0.4 is 9.47 Å². The summed E-state index contributed by atoms with van der Waals surface area (Å²) in [5.41, 5.74) is 0.975. The number of carboxylic acids is 1. The Balaban J connectivity index is 2.97. The van der Waals surface area contributed by atoms with E-state index in [9.17, 15) is 4.79 Å². The molecule has 0 fully saturated rings. The second-order valence-corrected chi connectivity index (χ2v) is 3.44. The molecule has 0 aliphatic carbocycles. The highest BCUT2D eigenvalue weighted by Crippen LogP contribution is 2.28. The molecule has 0 saturated heterocycles. The summed E-state index contributed by atoms with van der Waals surface area (Å²) in [5, 5.41) is 8.86. The van der Waals surface area contributed by atoms with Gasteiger partial charge < -0.3 is 14.6 Å². The van der Waals surface area contributed by atoms with E-state index in [0.717, 1.165) is 5.57 Å². The predicted molar refractivity (Wildman–Crippen MR) is 64.5 cm³/mol. The lowest BCUT2D eigenvalue weighted by Crippen LogP contribution is -1.98. The minimum Gasteiger partial charge on any atom is -0.493 e. The zero-order valence-electron chi connectivity index (χ0n) is 9.77. The van der Waals surface area contributed by atoms with Crippen LogP contribution in [0.15, 0.2) is 42.7 Å². The zero-order chi connectivity index (χ0) is 12.8. The van der Waals surface area contributed by atoms with Crippen LogP contribution in [-0.4, -0.2) is 18.2 Å². The molecular weight excluding hydrogens is 220 g/mol. The molecule has 0 unspecified atom stereocenters. The molecule has 17 heavy (non-hydrogen) atoms. The standard InChI is InChI=1S/C13H14O4/c1-9(2)6-7-17-12-8-10(13(14)15)4-5-11(12)16-3/h4-8H,1H2,2-3H3,(H,14,15). The van der Waals surface area contributed by atoms with Gasteiger partial charge in [-0.15, -0.1) is 0 Å². The van der Waals surface area contributed by atoms with E-state index in [-0.39, 0.29) is 5.56 Å². The van der Waals surface area contributed by atoms with Crippen molar-refractivity contribution in [3.05, 3.63) is 48.3 Å². The molecule has 0 heterocycles. The van der Waals surface area contributed by atoms with Gasteiger partial charge in [-0.25, -0.2) is 4.79 Å². The van der Waals surface area contributed by atoms with E-state index in [0.29, 0.717) is 11.5 Å². The minimum absolute atomic E-state index is 0.143. The van der Waals surface area contributed by atoms with E-state index >= 15 is 0 Å². The van der Waals surface area contributed by atoms with Crippen molar-refractivity contribution < 1.29 is 19.4 Å². The Morgan fingerprint density at radius 1 is 1.41 bits per heavy atom. The fraction of sp³-hybridized carbons (Fsp3) is 0.154. The first-order chi connectivity index (χ1) is 8.04.